The Morgan fingerprint density at radius 3 is 1.82 bits per heavy atom. The summed E-state index contributed by atoms with van der Waals surface area (Å²) in [6.07, 6.45) is 0. The Kier molecular flexibility index (Phi) is 4.28. The highest BCUT2D eigenvalue weighted by molar-refractivity contribution is 6.34. The zero-order valence-electron chi connectivity index (χ0n) is 15.5. The van der Waals surface area contributed by atoms with Crippen LogP contribution in [0.1, 0.15) is 42.2 Å². The number of hydrogen-bond acceptors (Lipinski definition) is 3. The molecule has 1 heterocycles. The predicted molar refractivity (Wildman–Crippen MR) is 108 cm³/mol. The van der Waals surface area contributed by atoms with Gasteiger partial charge in [0.1, 0.15) is 0 Å². The van der Waals surface area contributed by atoms with E-state index in [-0.39, 0.29) is 17.7 Å². The van der Waals surface area contributed by atoms with Crippen molar-refractivity contribution in [1.29, 1.82) is 0 Å². The number of nitrogens with zero attached hydrogens (tertiary/aromatic N) is 1. The summed E-state index contributed by atoms with van der Waals surface area (Å²) < 4.78 is 0. The first-order valence-electron chi connectivity index (χ1n) is 8.93. The van der Waals surface area contributed by atoms with Gasteiger partial charge in [-0.15, -0.1) is 0 Å². The molecule has 28 heavy (non-hydrogen) atoms. The molecule has 0 aromatic heterocycles. The summed E-state index contributed by atoms with van der Waals surface area (Å²) in [6, 6.07) is 19.0. The fraction of sp³-hybridized carbons (Fsp3) is 0.0870. The summed E-state index contributed by atoms with van der Waals surface area (Å²) in [4.78, 5) is 38.9. The molecule has 0 atom stereocenters. The molecule has 0 fully saturated rings. The summed E-state index contributed by atoms with van der Waals surface area (Å²) in [5.41, 5.74) is 4.43. The van der Waals surface area contributed by atoms with Gasteiger partial charge in [0.2, 0.25) is 0 Å². The van der Waals surface area contributed by atoms with Gasteiger partial charge in [0, 0.05) is 11.3 Å². The number of anilines is 2. The topological polar surface area (TPSA) is 66.5 Å². The lowest BCUT2D eigenvalue weighted by atomic mass is 10.1. The largest absolute Gasteiger partial charge is 0.322 e. The van der Waals surface area contributed by atoms with Crippen molar-refractivity contribution in [2.24, 2.45) is 0 Å². The molecule has 0 aliphatic carbocycles. The third-order valence-corrected chi connectivity index (χ3v) is 4.90. The molecule has 3 aromatic carbocycles. The van der Waals surface area contributed by atoms with E-state index >= 15 is 0 Å². The van der Waals surface area contributed by atoms with Crippen LogP contribution < -0.4 is 10.2 Å². The van der Waals surface area contributed by atoms with E-state index in [1.807, 2.05) is 32.0 Å². The Balaban J connectivity index is 1.57. The van der Waals surface area contributed by atoms with Crippen LogP contribution in [0.15, 0.2) is 66.7 Å². The summed E-state index contributed by atoms with van der Waals surface area (Å²) in [5, 5.41) is 2.93. The maximum Gasteiger partial charge on any atom is 0.266 e. The molecule has 3 aromatic rings. The van der Waals surface area contributed by atoms with Gasteiger partial charge in [0.05, 0.1) is 16.8 Å². The minimum Gasteiger partial charge on any atom is -0.322 e. The highest BCUT2D eigenvalue weighted by Gasteiger charge is 2.36. The van der Waals surface area contributed by atoms with E-state index < -0.39 is 0 Å². The number of carbonyl (C=O) groups is 3. The van der Waals surface area contributed by atoms with Gasteiger partial charge < -0.3 is 5.32 Å². The van der Waals surface area contributed by atoms with Gasteiger partial charge in [-0.2, -0.15) is 0 Å². The molecule has 0 saturated carbocycles. The van der Waals surface area contributed by atoms with E-state index in [0.717, 1.165) is 21.7 Å². The molecular weight excluding hydrogens is 352 g/mol. The fourth-order valence-corrected chi connectivity index (χ4v) is 3.38. The number of hydrogen-bond donors (Lipinski definition) is 1. The molecular formula is C23H18N2O3. The zero-order chi connectivity index (χ0) is 19.8. The molecule has 1 aliphatic rings. The second kappa shape index (κ2) is 6.78. The first-order chi connectivity index (χ1) is 13.5. The highest BCUT2D eigenvalue weighted by atomic mass is 16.2. The molecule has 1 aliphatic heterocycles. The van der Waals surface area contributed by atoms with Crippen LogP contribution in [-0.2, 0) is 0 Å². The summed E-state index contributed by atoms with van der Waals surface area (Å²) in [6.45, 7) is 3.88. The monoisotopic (exact) mass is 370 g/mol. The Labute approximate surface area is 162 Å². The van der Waals surface area contributed by atoms with Crippen molar-refractivity contribution in [2.45, 2.75) is 13.8 Å². The van der Waals surface area contributed by atoms with Crippen LogP contribution in [0.2, 0.25) is 0 Å². The van der Waals surface area contributed by atoms with Crippen molar-refractivity contribution in [3.63, 3.8) is 0 Å². The lowest BCUT2D eigenvalue weighted by Crippen LogP contribution is -2.29. The van der Waals surface area contributed by atoms with Gasteiger partial charge >= 0.3 is 0 Å². The van der Waals surface area contributed by atoms with Gasteiger partial charge in [-0.3, -0.25) is 14.4 Å². The quantitative estimate of drug-likeness (QED) is 0.697. The number of carbonyl (C=O) groups excluding carboxylic acids is 3. The van der Waals surface area contributed by atoms with Crippen LogP contribution in [0.25, 0.3) is 0 Å². The number of imide groups is 1. The molecule has 5 heteroatoms. The van der Waals surface area contributed by atoms with Crippen LogP contribution in [0.3, 0.4) is 0 Å². The maximum atomic E-state index is 12.6. The van der Waals surface area contributed by atoms with Gasteiger partial charge in [0.25, 0.3) is 17.7 Å². The van der Waals surface area contributed by atoms with Gasteiger partial charge in [-0.05, 0) is 61.4 Å². The number of amides is 3. The summed E-state index contributed by atoms with van der Waals surface area (Å²) in [7, 11) is 0. The normalized spacial score (nSPS) is 12.9. The number of aryl methyl sites for hydroxylation is 2. The van der Waals surface area contributed by atoms with E-state index in [9.17, 15) is 14.4 Å². The van der Waals surface area contributed by atoms with E-state index in [1.165, 1.54) is 0 Å². The molecule has 0 spiro atoms. The molecule has 0 radical (unpaired) electrons. The first kappa shape index (κ1) is 17.7. The van der Waals surface area contributed by atoms with E-state index in [0.29, 0.717) is 22.4 Å². The zero-order valence-corrected chi connectivity index (χ0v) is 15.5. The molecule has 0 saturated heterocycles. The third kappa shape index (κ3) is 2.87. The fourth-order valence-electron chi connectivity index (χ4n) is 3.38. The average Bonchev–Trinajstić information content (AvgIpc) is 2.96. The SMILES string of the molecule is Cc1cccc(C)c1NC(=O)c1ccc(N2C(=O)c3ccccc3C2=O)cc1. The average molecular weight is 370 g/mol. The van der Waals surface area contributed by atoms with Crippen LogP contribution in [-0.4, -0.2) is 17.7 Å². The van der Waals surface area contributed by atoms with Crippen molar-refractivity contribution in [3.05, 3.63) is 94.5 Å². The van der Waals surface area contributed by atoms with Crippen molar-refractivity contribution < 1.29 is 14.4 Å². The Morgan fingerprint density at radius 1 is 0.750 bits per heavy atom. The second-order valence-electron chi connectivity index (χ2n) is 6.76. The minimum absolute atomic E-state index is 0.244. The Morgan fingerprint density at radius 2 is 1.29 bits per heavy atom. The number of benzene rings is 3. The van der Waals surface area contributed by atoms with Crippen molar-refractivity contribution in [3.8, 4) is 0 Å². The Hall–Kier alpha value is -3.73. The van der Waals surface area contributed by atoms with Crippen LogP contribution in [0.4, 0.5) is 11.4 Å². The van der Waals surface area contributed by atoms with Crippen LogP contribution >= 0.6 is 0 Å². The molecule has 138 valence electrons. The highest BCUT2D eigenvalue weighted by Crippen LogP contribution is 2.28. The van der Waals surface area contributed by atoms with Crippen molar-refractivity contribution >= 4 is 29.1 Å². The Bertz CT molecular complexity index is 1060. The lowest BCUT2D eigenvalue weighted by molar-refractivity contribution is 0.0925. The predicted octanol–water partition coefficient (Wildman–Crippen LogP) is 4.36. The number of para-hydroxylation sites is 1. The van der Waals surface area contributed by atoms with Gasteiger partial charge in [-0.1, -0.05) is 30.3 Å². The van der Waals surface area contributed by atoms with E-state index in [1.54, 1.807) is 48.5 Å². The van der Waals surface area contributed by atoms with E-state index in [4.69, 9.17) is 0 Å². The maximum absolute atomic E-state index is 12.6. The molecule has 5 nitrogen and oxygen atoms in total. The minimum atomic E-state index is -0.353. The molecule has 3 amide bonds. The number of rotatable bonds is 3. The van der Waals surface area contributed by atoms with Crippen LogP contribution in [0, 0.1) is 13.8 Å². The van der Waals surface area contributed by atoms with Crippen LogP contribution in [0.5, 0.6) is 0 Å². The summed E-state index contributed by atoms with van der Waals surface area (Å²) in [5.74, 6) is -0.951. The number of nitrogens with one attached hydrogen (secondary N) is 1. The van der Waals surface area contributed by atoms with Crippen molar-refractivity contribution in [2.75, 3.05) is 10.2 Å². The van der Waals surface area contributed by atoms with Gasteiger partial charge in [0.15, 0.2) is 0 Å². The third-order valence-electron chi connectivity index (χ3n) is 4.90. The standard InChI is InChI=1S/C23H18N2O3/c1-14-6-5-7-15(2)20(14)24-21(26)16-10-12-17(13-11-16)25-22(27)18-8-3-4-9-19(18)23(25)28/h3-13H,1-2H3,(H,24,26). The lowest BCUT2D eigenvalue weighted by Gasteiger charge is -2.15. The molecule has 1 N–H and O–H groups in total. The second-order valence-corrected chi connectivity index (χ2v) is 6.76. The summed E-state index contributed by atoms with van der Waals surface area (Å²) >= 11 is 0. The molecule has 0 bridgehead atoms. The first-order valence-corrected chi connectivity index (χ1v) is 8.93. The molecule has 4 rings (SSSR count). The van der Waals surface area contributed by atoms with Gasteiger partial charge in [-0.25, -0.2) is 4.90 Å². The van der Waals surface area contributed by atoms with Crippen molar-refractivity contribution in [1.82, 2.24) is 0 Å². The van der Waals surface area contributed by atoms with E-state index in [2.05, 4.69) is 5.32 Å². The smallest absolute Gasteiger partial charge is 0.266 e. The molecule has 0 unspecified atom stereocenters. The number of fused-ring (bicyclic) bond motifs is 1.